The largest absolute Gasteiger partial charge is 0.378 e. The number of thiol groups is 1. The van der Waals surface area contributed by atoms with E-state index in [2.05, 4.69) is 28.8 Å². The van der Waals surface area contributed by atoms with Crippen molar-refractivity contribution in [3.05, 3.63) is 81.7 Å². The first-order valence-corrected chi connectivity index (χ1v) is 11.0. The minimum atomic E-state index is -0.501. The summed E-state index contributed by atoms with van der Waals surface area (Å²) in [5, 5.41) is 0.942. The van der Waals surface area contributed by atoms with Crippen molar-refractivity contribution >= 4 is 41.1 Å². The van der Waals surface area contributed by atoms with E-state index in [1.165, 1.54) is 10.6 Å². The van der Waals surface area contributed by atoms with Gasteiger partial charge < -0.3 is 14.2 Å². The van der Waals surface area contributed by atoms with Gasteiger partial charge in [-0.3, -0.25) is 8.77 Å². The molecule has 32 heavy (non-hydrogen) atoms. The van der Waals surface area contributed by atoms with E-state index in [-0.39, 0.29) is 17.1 Å². The van der Waals surface area contributed by atoms with E-state index in [0.29, 0.717) is 18.8 Å². The zero-order valence-corrected chi connectivity index (χ0v) is 18.7. The maximum absolute atomic E-state index is 13.7. The van der Waals surface area contributed by atoms with Gasteiger partial charge >= 0.3 is 0 Å². The number of pyridine rings is 2. The predicted molar refractivity (Wildman–Crippen MR) is 127 cm³/mol. The lowest BCUT2D eigenvalue weighted by Gasteiger charge is -2.28. The molecule has 0 unspecified atom stereocenters. The Kier molecular flexibility index (Phi) is 5.67. The second-order valence-electron chi connectivity index (χ2n) is 7.65. The molecule has 1 aliphatic heterocycles. The Morgan fingerprint density at radius 1 is 1.19 bits per heavy atom. The van der Waals surface area contributed by atoms with Crippen LogP contribution in [0.3, 0.4) is 0 Å². The van der Waals surface area contributed by atoms with Crippen molar-refractivity contribution in [1.82, 2.24) is 13.5 Å². The third-order valence-electron chi connectivity index (χ3n) is 5.67. The van der Waals surface area contributed by atoms with Crippen LogP contribution in [-0.4, -0.2) is 39.8 Å². The Hall–Kier alpha value is -2.81. The van der Waals surface area contributed by atoms with E-state index in [1.54, 1.807) is 28.4 Å². The molecule has 6 nitrogen and oxygen atoms in total. The highest BCUT2D eigenvalue weighted by Gasteiger charge is 2.17. The van der Waals surface area contributed by atoms with Gasteiger partial charge in [0, 0.05) is 42.5 Å². The molecule has 0 radical (unpaired) electrons. The number of hydrogen-bond acceptors (Lipinski definition) is 5. The number of halogens is 2. The van der Waals surface area contributed by atoms with Crippen LogP contribution in [0.15, 0.2) is 59.8 Å². The minimum Gasteiger partial charge on any atom is -0.378 e. The molecule has 0 aliphatic carbocycles. The van der Waals surface area contributed by atoms with Gasteiger partial charge in [-0.2, -0.15) is 0 Å². The summed E-state index contributed by atoms with van der Waals surface area (Å²) in [6.07, 6.45) is 5.39. The fourth-order valence-corrected chi connectivity index (χ4v) is 4.43. The summed E-state index contributed by atoms with van der Waals surface area (Å²) in [7, 11) is 0. The van der Waals surface area contributed by atoms with Crippen LogP contribution in [0.1, 0.15) is 5.56 Å². The molecule has 1 fully saturated rings. The van der Waals surface area contributed by atoms with E-state index in [9.17, 15) is 9.18 Å². The third-order valence-corrected chi connectivity index (χ3v) is 6.39. The maximum atomic E-state index is 13.7. The normalized spacial score (nSPS) is 14.3. The highest BCUT2D eigenvalue weighted by Crippen LogP contribution is 2.32. The van der Waals surface area contributed by atoms with Gasteiger partial charge in [0.1, 0.15) is 5.82 Å². The van der Waals surface area contributed by atoms with Crippen LogP contribution in [0.25, 0.3) is 22.2 Å². The quantitative estimate of drug-likeness (QED) is 0.453. The first-order chi connectivity index (χ1) is 15.5. The molecule has 1 saturated heterocycles. The van der Waals surface area contributed by atoms with Crippen LogP contribution in [-0.2, 0) is 11.3 Å². The van der Waals surface area contributed by atoms with Crippen molar-refractivity contribution in [3.63, 3.8) is 0 Å². The highest BCUT2D eigenvalue weighted by molar-refractivity contribution is 7.78. The Labute approximate surface area is 194 Å². The van der Waals surface area contributed by atoms with Gasteiger partial charge in [-0.25, -0.2) is 9.37 Å². The molecular weight excluding hydrogens is 451 g/mol. The van der Waals surface area contributed by atoms with Gasteiger partial charge in [-0.1, -0.05) is 36.5 Å². The molecule has 0 saturated carbocycles. The smallest absolute Gasteiger partial charge is 0.251 e. The van der Waals surface area contributed by atoms with Crippen molar-refractivity contribution in [1.29, 1.82) is 0 Å². The van der Waals surface area contributed by atoms with Gasteiger partial charge in [0.05, 0.1) is 36.7 Å². The summed E-state index contributed by atoms with van der Waals surface area (Å²) in [5.41, 5.74) is 3.70. The SMILES string of the molecule is O=c1cc(-c2cn(S)c3ncc(N4CCOCC4)cc23)ccn1Cc1cccc(F)c1Cl. The van der Waals surface area contributed by atoms with Gasteiger partial charge in [0.15, 0.2) is 5.65 Å². The monoisotopic (exact) mass is 470 g/mol. The molecule has 164 valence electrons. The van der Waals surface area contributed by atoms with Crippen molar-refractivity contribution in [2.45, 2.75) is 6.54 Å². The van der Waals surface area contributed by atoms with E-state index in [4.69, 9.17) is 16.3 Å². The molecule has 3 aromatic heterocycles. The summed E-state index contributed by atoms with van der Waals surface area (Å²) in [4.78, 5) is 19.7. The first-order valence-electron chi connectivity index (χ1n) is 10.2. The second-order valence-corrected chi connectivity index (χ2v) is 8.45. The summed E-state index contributed by atoms with van der Waals surface area (Å²) in [5.74, 6) is -0.501. The molecule has 0 bridgehead atoms. The van der Waals surface area contributed by atoms with Crippen LogP contribution in [0, 0.1) is 5.82 Å². The average molecular weight is 471 g/mol. The molecule has 5 rings (SSSR count). The number of hydrogen-bond donors (Lipinski definition) is 1. The van der Waals surface area contributed by atoms with Crippen molar-refractivity contribution in [2.75, 3.05) is 31.2 Å². The van der Waals surface area contributed by atoms with Crippen molar-refractivity contribution in [3.8, 4) is 11.1 Å². The number of rotatable bonds is 4. The van der Waals surface area contributed by atoms with E-state index < -0.39 is 5.82 Å². The zero-order valence-electron chi connectivity index (χ0n) is 17.0. The first kappa shape index (κ1) is 21.1. The fraction of sp³-hybridized carbons (Fsp3) is 0.217. The lowest BCUT2D eigenvalue weighted by atomic mass is 10.1. The second kappa shape index (κ2) is 8.61. The Bertz CT molecular complexity index is 1360. The third kappa shape index (κ3) is 3.90. The summed E-state index contributed by atoms with van der Waals surface area (Å²) in [6, 6.07) is 10.1. The highest BCUT2D eigenvalue weighted by atomic mass is 35.5. The van der Waals surface area contributed by atoms with Gasteiger partial charge in [-0.05, 0) is 29.3 Å². The number of morpholine rings is 1. The van der Waals surface area contributed by atoms with Crippen LogP contribution in [0.5, 0.6) is 0 Å². The minimum absolute atomic E-state index is 0.0309. The summed E-state index contributed by atoms with van der Waals surface area (Å²) in [6.45, 7) is 3.18. The molecule has 1 aromatic carbocycles. The molecule has 4 heterocycles. The zero-order chi connectivity index (χ0) is 22.2. The van der Waals surface area contributed by atoms with Crippen molar-refractivity contribution in [2.24, 2.45) is 0 Å². The number of nitrogens with zero attached hydrogens (tertiary/aromatic N) is 4. The number of benzene rings is 1. The molecule has 0 spiro atoms. The average Bonchev–Trinajstić information content (AvgIpc) is 3.14. The van der Waals surface area contributed by atoms with E-state index >= 15 is 0 Å². The summed E-state index contributed by atoms with van der Waals surface area (Å²) < 4.78 is 22.3. The molecule has 0 atom stereocenters. The standard InChI is InChI=1S/C23H20ClFN4O2S/c24-22-16(2-1-3-20(22)25)13-28-5-4-15(10-21(28)30)19-14-29(32)23-18(19)11-17(12-26-23)27-6-8-31-9-7-27/h1-5,10-12,14,32H,6-9,13H2. The van der Waals surface area contributed by atoms with E-state index in [0.717, 1.165) is 40.9 Å². The molecule has 4 aromatic rings. The topological polar surface area (TPSA) is 52.3 Å². The lowest BCUT2D eigenvalue weighted by Crippen LogP contribution is -2.36. The van der Waals surface area contributed by atoms with Crippen LogP contribution < -0.4 is 10.5 Å². The van der Waals surface area contributed by atoms with E-state index in [1.807, 2.05) is 18.5 Å². The molecular formula is C23H20ClFN4O2S. The number of ether oxygens (including phenoxy) is 1. The van der Waals surface area contributed by atoms with Crippen molar-refractivity contribution < 1.29 is 9.13 Å². The number of aromatic nitrogens is 3. The Balaban J connectivity index is 1.51. The summed E-state index contributed by atoms with van der Waals surface area (Å²) >= 11 is 10.6. The van der Waals surface area contributed by atoms with Crippen LogP contribution >= 0.6 is 24.4 Å². The molecule has 9 heteroatoms. The van der Waals surface area contributed by atoms with Gasteiger partial charge in [0.2, 0.25) is 0 Å². The van der Waals surface area contributed by atoms with Gasteiger partial charge in [-0.15, -0.1) is 0 Å². The number of fused-ring (bicyclic) bond motifs is 1. The molecule has 0 amide bonds. The maximum Gasteiger partial charge on any atom is 0.251 e. The fourth-order valence-electron chi connectivity index (χ4n) is 3.96. The lowest BCUT2D eigenvalue weighted by molar-refractivity contribution is 0.122. The Morgan fingerprint density at radius 3 is 2.78 bits per heavy atom. The van der Waals surface area contributed by atoms with Crippen LogP contribution in [0.2, 0.25) is 5.02 Å². The van der Waals surface area contributed by atoms with Gasteiger partial charge in [0.25, 0.3) is 5.56 Å². The Morgan fingerprint density at radius 2 is 2.00 bits per heavy atom. The van der Waals surface area contributed by atoms with Crippen LogP contribution in [0.4, 0.5) is 10.1 Å². The molecule has 0 N–H and O–H groups in total. The molecule has 1 aliphatic rings. The number of anilines is 1. The predicted octanol–water partition coefficient (Wildman–Crippen LogP) is 4.24.